The number of ether oxygens (including phenoxy) is 3. The van der Waals surface area contributed by atoms with Crippen LogP contribution in [0.4, 0.5) is 5.82 Å². The van der Waals surface area contributed by atoms with Crippen molar-refractivity contribution in [2.45, 2.75) is 163 Å². The Bertz CT molecular complexity index is 1730. The maximum absolute atomic E-state index is 13.2. The van der Waals surface area contributed by atoms with Crippen LogP contribution in [0.1, 0.15) is 156 Å². The van der Waals surface area contributed by atoms with Gasteiger partial charge in [-0.15, -0.1) is 0 Å². The number of nitrogens with zero attached hydrogens (tertiary/aromatic N) is 5. The number of esters is 3. The summed E-state index contributed by atoms with van der Waals surface area (Å²) in [6, 6.07) is 7.97. The maximum atomic E-state index is 13.2. The number of unbranched alkanes of at least 4 members (excludes halogenated alkanes) is 12. The molecule has 1 aromatic carbocycles. The zero-order chi connectivity index (χ0) is 44.8. The van der Waals surface area contributed by atoms with Gasteiger partial charge >= 0.3 is 17.9 Å². The molecule has 0 aliphatic rings. The van der Waals surface area contributed by atoms with Crippen molar-refractivity contribution in [1.29, 1.82) is 0 Å². The van der Waals surface area contributed by atoms with Gasteiger partial charge in [0.2, 0.25) is 5.91 Å². The van der Waals surface area contributed by atoms with Crippen LogP contribution in [0.3, 0.4) is 0 Å². The van der Waals surface area contributed by atoms with Gasteiger partial charge in [0.05, 0.1) is 56.9 Å². The van der Waals surface area contributed by atoms with Crippen LogP contribution in [-0.4, -0.2) is 108 Å². The fourth-order valence-corrected chi connectivity index (χ4v) is 7.71. The lowest BCUT2D eigenvalue weighted by atomic mass is 10.1. The molecule has 2 heterocycles. The molecule has 13 nitrogen and oxygen atoms in total. The molecule has 2 aromatic heterocycles. The fraction of sp³-hybridized carbons (Fsp3) is 0.714. The molecule has 0 unspecified atom stereocenters. The van der Waals surface area contributed by atoms with E-state index in [0.717, 1.165) is 87.4 Å². The number of carbonyl (C=O) groups excluding carboxylic acids is 4. The average molecular weight is 865 g/mol. The second-order valence-electron chi connectivity index (χ2n) is 17.2. The summed E-state index contributed by atoms with van der Waals surface area (Å²) in [4.78, 5) is 64.5. The molecule has 0 aliphatic heterocycles. The molecular weight excluding hydrogens is 785 g/mol. The molecule has 3 aromatic rings. The number of para-hydroxylation sites is 1. The van der Waals surface area contributed by atoms with Crippen LogP contribution in [0, 0.1) is 5.92 Å². The molecule has 348 valence electrons. The number of fused-ring (bicyclic) bond motifs is 3. The van der Waals surface area contributed by atoms with E-state index < -0.39 is 0 Å². The molecule has 0 saturated heterocycles. The lowest BCUT2D eigenvalue weighted by molar-refractivity contribution is -0.145. The Morgan fingerprint density at radius 2 is 1.18 bits per heavy atom. The van der Waals surface area contributed by atoms with Crippen molar-refractivity contribution in [3.05, 3.63) is 30.6 Å². The van der Waals surface area contributed by atoms with Crippen LogP contribution in [0.25, 0.3) is 21.9 Å². The third-order valence-electron chi connectivity index (χ3n) is 11.2. The Morgan fingerprint density at radius 3 is 1.77 bits per heavy atom. The van der Waals surface area contributed by atoms with Gasteiger partial charge in [-0.25, -0.2) is 9.97 Å². The number of rotatable bonds is 36. The van der Waals surface area contributed by atoms with E-state index in [-0.39, 0.29) is 36.7 Å². The average Bonchev–Trinajstić information content (AvgIpc) is 3.68. The van der Waals surface area contributed by atoms with Crippen molar-refractivity contribution < 1.29 is 33.4 Å². The highest BCUT2D eigenvalue weighted by Gasteiger charge is 2.18. The zero-order valence-electron chi connectivity index (χ0n) is 39.1. The second kappa shape index (κ2) is 31.7. The van der Waals surface area contributed by atoms with Gasteiger partial charge in [-0.05, 0) is 63.7 Å². The molecule has 13 heteroatoms. The zero-order valence-corrected chi connectivity index (χ0v) is 39.1. The van der Waals surface area contributed by atoms with E-state index in [0.29, 0.717) is 69.5 Å². The normalized spacial score (nSPS) is 11.6. The number of anilines is 1. The lowest BCUT2D eigenvalue weighted by Gasteiger charge is -2.25. The van der Waals surface area contributed by atoms with Crippen LogP contribution in [0.15, 0.2) is 30.6 Å². The van der Waals surface area contributed by atoms with E-state index in [9.17, 15) is 19.2 Å². The number of pyridine rings is 1. The van der Waals surface area contributed by atoms with Gasteiger partial charge in [0, 0.05) is 38.0 Å². The lowest BCUT2D eigenvalue weighted by Crippen LogP contribution is -2.34. The number of nitrogens with one attached hydrogen (secondary N) is 1. The number of methoxy groups -OCH3 is 1. The first-order valence-electron chi connectivity index (χ1n) is 24.0. The molecule has 0 radical (unpaired) electrons. The van der Waals surface area contributed by atoms with Gasteiger partial charge in [-0.3, -0.25) is 19.2 Å². The predicted molar refractivity (Wildman–Crippen MR) is 249 cm³/mol. The number of carbonyl (C=O) groups is 4. The molecule has 1 amide bonds. The molecule has 0 spiro atoms. The summed E-state index contributed by atoms with van der Waals surface area (Å²) in [6.45, 7) is 14.3. The number of imidazole rings is 1. The third kappa shape index (κ3) is 21.3. The van der Waals surface area contributed by atoms with E-state index in [1.54, 1.807) is 0 Å². The van der Waals surface area contributed by atoms with E-state index >= 15 is 0 Å². The highest BCUT2D eigenvalue weighted by atomic mass is 16.5. The summed E-state index contributed by atoms with van der Waals surface area (Å²) >= 11 is 0. The van der Waals surface area contributed by atoms with Crippen LogP contribution in [0.2, 0.25) is 0 Å². The minimum absolute atomic E-state index is 0.0872. The third-order valence-corrected chi connectivity index (χ3v) is 11.2. The predicted octanol–water partition coefficient (Wildman–Crippen LogP) is 9.88. The first-order valence-corrected chi connectivity index (χ1v) is 24.0. The van der Waals surface area contributed by atoms with Crippen molar-refractivity contribution in [3.63, 3.8) is 0 Å². The largest absolute Gasteiger partial charge is 0.469 e. The minimum atomic E-state index is -0.283. The number of aromatic nitrogens is 3. The Hall–Kier alpha value is -4.10. The Labute approximate surface area is 372 Å². The Balaban J connectivity index is 1.52. The summed E-state index contributed by atoms with van der Waals surface area (Å²) in [6.07, 6.45) is 19.9. The standard InChI is InChI=1S/C49H80N6O7/c1-6-8-10-12-14-21-36-61-45(58)28-34-53(31-23-32-54(33-27-44(57)60-5)35-29-46(59)62-37-22-15-13-11-9-7-2)30-20-16-17-26-43(56)52-49-47-48(55(39-50-47)38-40(3)4)41-24-18-19-25-42(41)51-49/h18-19,24-25,39-40H,6-17,20-23,26-38H2,1-5H3,(H,51,52,56). The first-order chi connectivity index (χ1) is 30.1. The van der Waals surface area contributed by atoms with Gasteiger partial charge in [0.25, 0.3) is 0 Å². The number of hydrogen-bond donors (Lipinski definition) is 1. The summed E-state index contributed by atoms with van der Waals surface area (Å²) in [5.74, 6) is 0.170. The monoisotopic (exact) mass is 865 g/mol. The van der Waals surface area contributed by atoms with Gasteiger partial charge in [-0.2, -0.15) is 0 Å². The highest BCUT2D eigenvalue weighted by Crippen LogP contribution is 2.29. The molecule has 0 bridgehead atoms. The maximum Gasteiger partial charge on any atom is 0.307 e. The number of hydrogen-bond acceptors (Lipinski definition) is 11. The topological polar surface area (TPSA) is 145 Å². The van der Waals surface area contributed by atoms with E-state index in [2.05, 4.69) is 58.4 Å². The van der Waals surface area contributed by atoms with Crippen molar-refractivity contribution in [1.82, 2.24) is 24.3 Å². The summed E-state index contributed by atoms with van der Waals surface area (Å²) in [5, 5.41) is 4.07. The molecule has 0 aliphatic carbocycles. The quantitative estimate of drug-likeness (QED) is 0.0339. The molecule has 0 atom stereocenters. The minimum Gasteiger partial charge on any atom is -0.469 e. The van der Waals surface area contributed by atoms with E-state index in [1.165, 1.54) is 58.5 Å². The van der Waals surface area contributed by atoms with E-state index in [1.807, 2.05) is 24.5 Å². The van der Waals surface area contributed by atoms with Crippen molar-refractivity contribution in [2.75, 3.05) is 64.9 Å². The fourth-order valence-electron chi connectivity index (χ4n) is 7.71. The van der Waals surface area contributed by atoms with Crippen LogP contribution in [0.5, 0.6) is 0 Å². The Kier molecular flexibility index (Phi) is 26.7. The van der Waals surface area contributed by atoms with Gasteiger partial charge in [-0.1, -0.05) is 117 Å². The van der Waals surface area contributed by atoms with Crippen LogP contribution in [-0.2, 0) is 39.9 Å². The Morgan fingerprint density at radius 1 is 0.645 bits per heavy atom. The highest BCUT2D eigenvalue weighted by molar-refractivity contribution is 6.09. The van der Waals surface area contributed by atoms with Crippen LogP contribution >= 0.6 is 0 Å². The smallest absolute Gasteiger partial charge is 0.307 e. The number of amides is 1. The van der Waals surface area contributed by atoms with Crippen molar-refractivity contribution in [3.8, 4) is 0 Å². The van der Waals surface area contributed by atoms with Gasteiger partial charge < -0.3 is 33.9 Å². The molecule has 62 heavy (non-hydrogen) atoms. The molecule has 1 N–H and O–H groups in total. The molecule has 0 fully saturated rings. The first kappa shape index (κ1) is 52.2. The summed E-state index contributed by atoms with van der Waals surface area (Å²) < 4.78 is 18.1. The van der Waals surface area contributed by atoms with E-state index in [4.69, 9.17) is 19.2 Å². The van der Waals surface area contributed by atoms with Gasteiger partial charge in [0.1, 0.15) is 5.52 Å². The molecule has 0 saturated carbocycles. The molecular formula is C49H80N6O7. The summed E-state index contributed by atoms with van der Waals surface area (Å²) in [7, 11) is 1.39. The number of benzene rings is 1. The molecule has 3 rings (SSSR count). The van der Waals surface area contributed by atoms with Crippen molar-refractivity contribution >= 4 is 51.6 Å². The van der Waals surface area contributed by atoms with Crippen molar-refractivity contribution in [2.24, 2.45) is 5.92 Å². The summed E-state index contributed by atoms with van der Waals surface area (Å²) in [5.41, 5.74) is 2.50. The second-order valence-corrected chi connectivity index (χ2v) is 17.2. The van der Waals surface area contributed by atoms with Gasteiger partial charge in [0.15, 0.2) is 5.82 Å². The SMILES string of the molecule is CCCCCCCCOC(=O)CCN(CCCCCC(=O)Nc1nc2ccccc2c2c1ncn2CC(C)C)CCCN(CCC(=O)OC)CCC(=O)OCCCCCCCC. The van der Waals surface area contributed by atoms with Crippen LogP contribution < -0.4 is 5.32 Å².